The lowest BCUT2D eigenvalue weighted by Crippen LogP contribution is -2.58. The van der Waals surface area contributed by atoms with Crippen LogP contribution in [-0.4, -0.2) is 144 Å². The number of aromatic hydroxyl groups is 1. The van der Waals surface area contributed by atoms with Crippen LogP contribution in [0.1, 0.15) is 120 Å². The van der Waals surface area contributed by atoms with Crippen LogP contribution in [0.2, 0.25) is 0 Å². The molecule has 6 amide bonds. The predicted octanol–water partition coefficient (Wildman–Crippen LogP) is 4.67. The topological polar surface area (TPSA) is 275 Å². The Morgan fingerprint density at radius 1 is 1.03 bits per heavy atom. The number of likely N-dealkylation sites (N-methyl/N-ethyl adjacent to an activating group) is 2. The third-order valence-corrected chi connectivity index (χ3v) is 13.9. The number of benzene rings is 1. The molecule has 7 atom stereocenters. The first kappa shape index (κ1) is 59.9. The van der Waals surface area contributed by atoms with Gasteiger partial charge in [-0.15, -0.1) is 11.3 Å². The number of carbonyl (C=O) groups is 8. The molecule has 0 spiro atoms. The Morgan fingerprint density at radius 3 is 2.38 bits per heavy atom. The number of nitrogens with one attached hydrogen (secondary N) is 5. The highest BCUT2D eigenvalue weighted by Crippen LogP contribution is 2.32. The monoisotopic (exact) mass is 1080 g/mol. The number of piperidine rings is 1. The molecule has 1 aliphatic heterocycles. The van der Waals surface area contributed by atoms with Gasteiger partial charge in [0, 0.05) is 70.6 Å². The lowest BCUT2D eigenvalue weighted by atomic mass is 9.92. The van der Waals surface area contributed by atoms with E-state index in [0.29, 0.717) is 30.0 Å². The molecule has 1 aromatic heterocycles. The molecule has 0 radical (unpaired) electrons. The number of halogens is 1. The Labute approximate surface area is 428 Å². The van der Waals surface area contributed by atoms with Crippen molar-refractivity contribution < 1.29 is 58.0 Å². The molecular weight excluding hydrogens is 1000 g/mol. The SMILES string of the molecule is CC[C@H](C)[C@H](NC(=O)[C@@H]1CCCCN1C)C(=O)N(C)C(C[C@@H](OC(C)=O)c1nc(C(=O)N[C@@H](Cc2ccc(O)c(NC(=O)CCCNC(=O)/C=C(/Br)C(=O)NCCOC)c2)CC(C)C(=O)O)cs1)C(C)C. The fourth-order valence-corrected chi connectivity index (χ4v) is 9.28. The molecule has 1 aromatic carbocycles. The summed E-state index contributed by atoms with van der Waals surface area (Å²) >= 11 is 4.16. The van der Waals surface area contributed by atoms with Crippen LogP contribution in [0.25, 0.3) is 0 Å². The van der Waals surface area contributed by atoms with Crippen molar-refractivity contribution in [3.63, 3.8) is 0 Å². The van der Waals surface area contributed by atoms with Crippen molar-refractivity contribution in [3.05, 3.63) is 50.4 Å². The Morgan fingerprint density at radius 2 is 1.75 bits per heavy atom. The number of aliphatic carboxylic acids is 1. The zero-order chi connectivity index (χ0) is 52.9. The lowest BCUT2D eigenvalue weighted by Gasteiger charge is -2.38. The third-order valence-electron chi connectivity index (χ3n) is 12.4. The number of thiazole rings is 1. The van der Waals surface area contributed by atoms with E-state index in [1.54, 1.807) is 18.0 Å². The van der Waals surface area contributed by atoms with E-state index in [9.17, 15) is 48.6 Å². The molecule has 1 saturated heterocycles. The summed E-state index contributed by atoms with van der Waals surface area (Å²) in [5.41, 5.74) is 0.634. The van der Waals surface area contributed by atoms with Crippen molar-refractivity contribution >= 4 is 80.3 Å². The first-order valence-electron chi connectivity index (χ1n) is 24.0. The Balaban J connectivity index is 1.74. The van der Waals surface area contributed by atoms with E-state index >= 15 is 0 Å². The number of likely N-dealkylation sites (tertiary alicyclic amines) is 1. The van der Waals surface area contributed by atoms with Crippen LogP contribution in [0.15, 0.2) is 34.1 Å². The molecule has 20 nitrogen and oxygen atoms in total. The van der Waals surface area contributed by atoms with Gasteiger partial charge in [-0.2, -0.15) is 0 Å². The number of nitrogens with zero attached hydrogens (tertiary/aromatic N) is 3. The van der Waals surface area contributed by atoms with Crippen LogP contribution in [0.5, 0.6) is 5.75 Å². The van der Waals surface area contributed by atoms with Crippen molar-refractivity contribution in [3.8, 4) is 5.75 Å². The smallest absolute Gasteiger partial charge is 0.306 e. The zero-order valence-electron chi connectivity index (χ0n) is 42.3. The number of carbonyl (C=O) groups excluding carboxylic acids is 7. The van der Waals surface area contributed by atoms with E-state index in [1.165, 1.54) is 38.5 Å². The van der Waals surface area contributed by atoms with Gasteiger partial charge in [0.1, 0.15) is 22.5 Å². The molecule has 71 heavy (non-hydrogen) atoms. The molecule has 2 aromatic rings. The highest BCUT2D eigenvalue weighted by atomic mass is 79.9. The van der Waals surface area contributed by atoms with Gasteiger partial charge in [0.15, 0.2) is 6.10 Å². The fourth-order valence-electron chi connectivity index (χ4n) is 8.09. The molecular formula is C49H73BrN8O12S. The van der Waals surface area contributed by atoms with Crippen LogP contribution >= 0.6 is 27.3 Å². The number of hydrogen-bond donors (Lipinski definition) is 7. The Bertz CT molecular complexity index is 2190. The number of ether oxygens (including phenoxy) is 2. The second kappa shape index (κ2) is 29.8. The van der Waals surface area contributed by atoms with Crippen molar-refractivity contribution in [1.29, 1.82) is 0 Å². The largest absolute Gasteiger partial charge is 0.506 e. The summed E-state index contributed by atoms with van der Waals surface area (Å²) in [5, 5.41) is 36.0. The number of phenolic OH excluding ortho intramolecular Hbond substituents is 1. The average Bonchev–Trinajstić information content (AvgIpc) is 3.82. The van der Waals surface area contributed by atoms with Gasteiger partial charge in [0.2, 0.25) is 23.6 Å². The Hall–Kier alpha value is -5.45. The maximum Gasteiger partial charge on any atom is 0.306 e. The second-order valence-corrected chi connectivity index (χ2v) is 20.2. The minimum atomic E-state index is -1.08. The summed E-state index contributed by atoms with van der Waals surface area (Å²) in [6.45, 7) is 12.0. The maximum atomic E-state index is 14.3. The molecule has 7 N–H and O–H groups in total. The average molecular weight is 1080 g/mol. The van der Waals surface area contributed by atoms with Crippen LogP contribution < -0.4 is 26.6 Å². The molecule has 3 rings (SSSR count). The van der Waals surface area contributed by atoms with Crippen molar-refractivity contribution in [2.24, 2.45) is 17.8 Å². The summed E-state index contributed by atoms with van der Waals surface area (Å²) < 4.78 is 10.7. The minimum absolute atomic E-state index is 0.00478. The lowest BCUT2D eigenvalue weighted by molar-refractivity contribution is -0.149. The van der Waals surface area contributed by atoms with Gasteiger partial charge < -0.3 is 51.2 Å². The number of carboxylic acid groups (broad SMARTS) is 1. The van der Waals surface area contributed by atoms with Crippen molar-refractivity contribution in [2.45, 2.75) is 130 Å². The van der Waals surface area contributed by atoms with Crippen molar-refractivity contribution in [2.75, 3.05) is 52.8 Å². The van der Waals surface area contributed by atoms with Crippen molar-refractivity contribution in [1.82, 2.24) is 36.1 Å². The summed E-state index contributed by atoms with van der Waals surface area (Å²) in [6, 6.07) is 2.13. The van der Waals surface area contributed by atoms with Crippen LogP contribution in [0, 0.1) is 17.8 Å². The highest BCUT2D eigenvalue weighted by molar-refractivity contribution is 9.12. The molecule has 0 aliphatic carbocycles. The summed E-state index contributed by atoms with van der Waals surface area (Å²) in [4.78, 5) is 112. The minimum Gasteiger partial charge on any atom is -0.506 e. The summed E-state index contributed by atoms with van der Waals surface area (Å²) in [7, 11) is 5.09. The Kier molecular flexibility index (Phi) is 25.1. The van der Waals surface area contributed by atoms with Gasteiger partial charge >= 0.3 is 11.9 Å². The molecule has 0 bridgehead atoms. The number of amides is 6. The maximum absolute atomic E-state index is 14.3. The van der Waals surface area contributed by atoms with E-state index in [2.05, 4.69) is 47.5 Å². The van der Waals surface area contributed by atoms with E-state index in [4.69, 9.17) is 9.47 Å². The van der Waals surface area contributed by atoms with E-state index in [1.807, 2.05) is 39.6 Å². The number of methoxy groups -OCH3 is 1. The summed E-state index contributed by atoms with van der Waals surface area (Å²) in [6.07, 6.45) is 3.89. The van der Waals surface area contributed by atoms with Gasteiger partial charge in [-0.3, -0.25) is 43.3 Å². The molecule has 2 heterocycles. The number of aromatic nitrogens is 1. The predicted molar refractivity (Wildman–Crippen MR) is 272 cm³/mol. The molecule has 0 saturated carbocycles. The van der Waals surface area contributed by atoms with Gasteiger partial charge in [-0.05, 0) is 91.2 Å². The van der Waals surface area contributed by atoms with Crippen LogP contribution in [0.3, 0.4) is 0 Å². The first-order valence-corrected chi connectivity index (χ1v) is 25.7. The molecule has 1 fully saturated rings. The molecule has 1 aliphatic rings. The first-order chi connectivity index (χ1) is 33.6. The number of anilines is 1. The van der Waals surface area contributed by atoms with Crippen LogP contribution in [-0.2, 0) is 49.5 Å². The fraction of sp³-hybridized carbons (Fsp3) is 0.612. The van der Waals surface area contributed by atoms with Gasteiger partial charge in [-0.25, -0.2) is 4.98 Å². The van der Waals surface area contributed by atoms with E-state index < -0.39 is 65.7 Å². The van der Waals surface area contributed by atoms with E-state index in [-0.39, 0.29) is 96.5 Å². The number of rotatable bonds is 28. The highest BCUT2D eigenvalue weighted by Gasteiger charge is 2.37. The third kappa shape index (κ3) is 19.6. The number of phenols is 1. The normalized spacial score (nSPS) is 16.6. The quantitative estimate of drug-likeness (QED) is 0.0264. The summed E-state index contributed by atoms with van der Waals surface area (Å²) in [5.74, 6) is -5.64. The molecule has 22 heteroatoms. The van der Waals surface area contributed by atoms with Gasteiger partial charge in [0.25, 0.3) is 11.8 Å². The zero-order valence-corrected chi connectivity index (χ0v) is 44.7. The number of esters is 1. The number of hydrogen-bond acceptors (Lipinski definition) is 14. The molecule has 394 valence electrons. The van der Waals surface area contributed by atoms with Crippen LogP contribution in [0.4, 0.5) is 5.69 Å². The standard InChI is InChI=1S/C49H73BrN8O12S/c1-10-29(4)43(56-46(65)37-14-11-12-20-57(37)7)48(66)58(8)38(28(2)3)26-40(70-31(6)59)47-55-36(27-71-47)45(64)53-33(22-30(5)49(67)68)23-32-16-17-39(60)35(24-32)54-41(61)15-13-18-51-42(62)25-34(50)44(63)52-19-21-69-9/h16-17,24-25,27-30,33,37-38,40,43,60H,10-15,18-23,26H2,1-9H3,(H,51,62)(H,52,63)(H,53,64)(H,54,61)(H,56,65)(H,67,68)/b34-25+/t29-,30?,33+,37-,38?,40+,43-/m0/s1. The van der Waals surface area contributed by atoms with Gasteiger partial charge in [0.05, 0.1) is 28.7 Å². The number of carboxylic acids is 1. The van der Waals surface area contributed by atoms with E-state index in [0.717, 1.165) is 36.8 Å². The van der Waals surface area contributed by atoms with Gasteiger partial charge in [-0.1, -0.05) is 53.5 Å². The molecule has 2 unspecified atom stereocenters. The second-order valence-electron chi connectivity index (χ2n) is 18.4.